The highest BCUT2D eigenvalue weighted by Crippen LogP contribution is 2.32. The minimum Gasteiger partial charge on any atom is -0.165 e. The van der Waals surface area contributed by atoms with Crippen molar-refractivity contribution in [3.8, 4) is 0 Å². The number of rotatable bonds is 0. The minimum atomic E-state index is -4.29. The molecule has 50 valence electrons. The number of alkyl halides is 3. The first-order valence-corrected chi connectivity index (χ1v) is 2.95. The standard InChI is InChI=1S/C5H3F3S/c6-5(7,8)4-2-1-3-9-4/h1-3H/i3D. The molecule has 1 rings (SSSR count). The molecule has 0 atom stereocenters. The highest BCUT2D eigenvalue weighted by Gasteiger charge is 2.31. The quantitative estimate of drug-likeness (QED) is 0.537. The van der Waals surface area contributed by atoms with Crippen molar-refractivity contribution < 1.29 is 14.5 Å². The SMILES string of the molecule is [2H]c1ccc(C(F)(F)F)s1. The molecular formula is C5H3F3S. The molecule has 0 aromatic carbocycles. The summed E-state index contributed by atoms with van der Waals surface area (Å²) in [5.74, 6) is 0. The summed E-state index contributed by atoms with van der Waals surface area (Å²) >= 11 is 0.436. The second-order valence-electron chi connectivity index (χ2n) is 1.42. The molecule has 9 heavy (non-hydrogen) atoms. The maximum absolute atomic E-state index is 11.7. The lowest BCUT2D eigenvalue weighted by Gasteiger charge is -1.99. The lowest BCUT2D eigenvalue weighted by atomic mass is 10.5. The summed E-state index contributed by atoms with van der Waals surface area (Å²) in [5.41, 5.74) is 0. The van der Waals surface area contributed by atoms with Gasteiger partial charge in [-0.3, -0.25) is 0 Å². The van der Waals surface area contributed by atoms with Gasteiger partial charge < -0.3 is 0 Å². The van der Waals surface area contributed by atoms with Gasteiger partial charge >= 0.3 is 6.18 Å². The van der Waals surface area contributed by atoms with Crippen molar-refractivity contribution in [1.29, 1.82) is 0 Å². The second-order valence-corrected chi connectivity index (χ2v) is 2.29. The van der Waals surface area contributed by atoms with Crippen molar-refractivity contribution in [2.75, 3.05) is 0 Å². The van der Waals surface area contributed by atoms with Crippen molar-refractivity contribution in [2.45, 2.75) is 6.18 Å². The molecular weight excluding hydrogens is 149 g/mol. The lowest BCUT2D eigenvalue weighted by Crippen LogP contribution is -2.00. The van der Waals surface area contributed by atoms with E-state index in [1.54, 1.807) is 0 Å². The maximum Gasteiger partial charge on any atom is 0.425 e. The maximum atomic E-state index is 11.7. The largest absolute Gasteiger partial charge is 0.425 e. The van der Waals surface area contributed by atoms with E-state index in [1.807, 2.05) is 0 Å². The molecule has 0 bridgehead atoms. The van der Waals surface area contributed by atoms with Crippen LogP contribution in [-0.2, 0) is 6.18 Å². The van der Waals surface area contributed by atoms with Crippen LogP contribution in [0.1, 0.15) is 6.25 Å². The summed E-state index contributed by atoms with van der Waals surface area (Å²) in [6.07, 6.45) is -4.29. The molecule has 0 N–H and O–H groups in total. The van der Waals surface area contributed by atoms with Gasteiger partial charge in [0.25, 0.3) is 0 Å². The van der Waals surface area contributed by atoms with E-state index >= 15 is 0 Å². The third-order valence-electron chi connectivity index (χ3n) is 0.751. The van der Waals surface area contributed by atoms with Gasteiger partial charge in [-0.05, 0) is 11.4 Å². The molecule has 0 radical (unpaired) electrons. The molecule has 0 unspecified atom stereocenters. The smallest absolute Gasteiger partial charge is 0.165 e. The predicted molar refractivity (Wildman–Crippen MR) is 29.3 cm³/mol. The molecule has 0 saturated carbocycles. The fraction of sp³-hybridized carbons (Fsp3) is 0.200. The van der Waals surface area contributed by atoms with E-state index in [-0.39, 0.29) is 5.36 Å². The van der Waals surface area contributed by atoms with Gasteiger partial charge in [-0.15, -0.1) is 11.3 Å². The van der Waals surface area contributed by atoms with E-state index < -0.39 is 11.1 Å². The molecule has 0 aliphatic rings. The van der Waals surface area contributed by atoms with Gasteiger partial charge in [-0.1, -0.05) is 6.07 Å². The molecule has 0 fully saturated rings. The fourth-order valence-corrected chi connectivity index (χ4v) is 0.908. The minimum absolute atomic E-state index is 0.0627. The van der Waals surface area contributed by atoms with Crippen LogP contribution in [0, 0.1) is 0 Å². The Hall–Kier alpha value is -0.510. The van der Waals surface area contributed by atoms with Gasteiger partial charge in [0.05, 0.1) is 1.37 Å². The van der Waals surface area contributed by atoms with Crippen molar-refractivity contribution in [3.05, 3.63) is 22.4 Å². The summed E-state index contributed by atoms with van der Waals surface area (Å²) in [6.45, 7) is 0. The monoisotopic (exact) mass is 153 g/mol. The summed E-state index contributed by atoms with van der Waals surface area (Å²) < 4.78 is 42.0. The molecule has 0 nitrogen and oxygen atoms in total. The van der Waals surface area contributed by atoms with Crippen LogP contribution in [0.4, 0.5) is 13.2 Å². The van der Waals surface area contributed by atoms with Crippen LogP contribution in [0.5, 0.6) is 0 Å². The molecule has 1 aromatic rings. The van der Waals surface area contributed by atoms with Gasteiger partial charge in [0.15, 0.2) is 0 Å². The van der Waals surface area contributed by atoms with Crippen LogP contribution in [0.15, 0.2) is 17.5 Å². The predicted octanol–water partition coefficient (Wildman–Crippen LogP) is 2.77. The van der Waals surface area contributed by atoms with E-state index in [1.165, 1.54) is 0 Å². The summed E-state index contributed by atoms with van der Waals surface area (Å²) in [5, 5.41) is -0.0627. The summed E-state index contributed by atoms with van der Waals surface area (Å²) in [7, 11) is 0. The third-order valence-corrected chi connectivity index (χ3v) is 1.59. The first-order valence-electron chi connectivity index (χ1n) is 2.64. The highest BCUT2D eigenvalue weighted by molar-refractivity contribution is 7.10. The van der Waals surface area contributed by atoms with Gasteiger partial charge in [-0.25, -0.2) is 0 Å². The number of hydrogen-bond acceptors (Lipinski definition) is 1. The normalized spacial score (nSPS) is 13.4. The van der Waals surface area contributed by atoms with E-state index in [2.05, 4.69) is 0 Å². The Balaban J connectivity index is 2.96. The lowest BCUT2D eigenvalue weighted by molar-refractivity contribution is -0.134. The molecule has 1 aromatic heterocycles. The second kappa shape index (κ2) is 2.02. The Kier molecular flexibility index (Phi) is 1.19. The summed E-state index contributed by atoms with van der Waals surface area (Å²) in [4.78, 5) is -0.711. The van der Waals surface area contributed by atoms with Gasteiger partial charge in [0, 0.05) is 0 Å². The number of thiophene rings is 1. The molecule has 0 amide bonds. The number of hydrogen-bond donors (Lipinski definition) is 0. The van der Waals surface area contributed by atoms with Gasteiger partial charge in [0.1, 0.15) is 4.88 Å². The Morgan fingerprint density at radius 2 is 2.22 bits per heavy atom. The number of halogens is 3. The van der Waals surface area contributed by atoms with Crippen molar-refractivity contribution in [3.63, 3.8) is 0 Å². The highest BCUT2D eigenvalue weighted by atomic mass is 32.1. The van der Waals surface area contributed by atoms with Crippen LogP contribution in [-0.4, -0.2) is 0 Å². The molecule has 4 heteroatoms. The van der Waals surface area contributed by atoms with Crippen LogP contribution in [0.3, 0.4) is 0 Å². The van der Waals surface area contributed by atoms with Gasteiger partial charge in [0.2, 0.25) is 0 Å². The molecule has 0 aliphatic carbocycles. The molecule has 0 saturated heterocycles. The Morgan fingerprint density at radius 1 is 1.56 bits per heavy atom. The van der Waals surface area contributed by atoms with E-state index in [9.17, 15) is 13.2 Å². The third kappa shape index (κ3) is 1.45. The summed E-state index contributed by atoms with van der Waals surface area (Å²) in [6, 6.07) is 2.04. The molecule has 1 heterocycles. The first-order chi connectivity index (χ1) is 4.50. The average molecular weight is 153 g/mol. The zero-order valence-electron chi connectivity index (χ0n) is 5.20. The Morgan fingerprint density at radius 3 is 2.44 bits per heavy atom. The zero-order chi connectivity index (χ0) is 7.78. The molecule has 0 spiro atoms. The Labute approximate surface area is 55.3 Å². The van der Waals surface area contributed by atoms with Crippen LogP contribution in [0.2, 0.25) is 0 Å². The van der Waals surface area contributed by atoms with Crippen LogP contribution < -0.4 is 0 Å². The van der Waals surface area contributed by atoms with E-state index in [0.29, 0.717) is 11.3 Å². The van der Waals surface area contributed by atoms with Gasteiger partial charge in [-0.2, -0.15) is 13.2 Å². The topological polar surface area (TPSA) is 0 Å². The fourth-order valence-electron chi connectivity index (χ4n) is 0.394. The average Bonchev–Trinajstić information content (AvgIpc) is 2.11. The van der Waals surface area contributed by atoms with Crippen molar-refractivity contribution in [1.82, 2.24) is 0 Å². The van der Waals surface area contributed by atoms with E-state index in [0.717, 1.165) is 12.1 Å². The molecule has 0 aliphatic heterocycles. The van der Waals surface area contributed by atoms with Crippen LogP contribution in [0.25, 0.3) is 0 Å². The van der Waals surface area contributed by atoms with E-state index in [4.69, 9.17) is 1.37 Å². The zero-order valence-corrected chi connectivity index (χ0v) is 5.01. The van der Waals surface area contributed by atoms with Crippen LogP contribution >= 0.6 is 11.3 Å². The first kappa shape index (κ1) is 5.29. The van der Waals surface area contributed by atoms with Crippen molar-refractivity contribution in [2.24, 2.45) is 0 Å². The van der Waals surface area contributed by atoms with Crippen molar-refractivity contribution >= 4 is 11.3 Å². The Bertz CT molecular complexity index is 227.